The van der Waals surface area contributed by atoms with E-state index >= 15 is 0 Å². The lowest BCUT2D eigenvalue weighted by Gasteiger charge is -2.17. The third-order valence-corrected chi connectivity index (χ3v) is 3.90. The van der Waals surface area contributed by atoms with E-state index < -0.39 is 5.41 Å². The van der Waals surface area contributed by atoms with Gasteiger partial charge in [-0.1, -0.05) is 39.0 Å². The molecule has 0 bridgehead atoms. The molecule has 6 nitrogen and oxygen atoms in total. The molecule has 144 valence electrons. The average Bonchev–Trinajstić information content (AvgIpc) is 2.58. The van der Waals surface area contributed by atoms with Crippen LogP contribution >= 0.6 is 0 Å². The minimum Gasteiger partial charge on any atom is -0.338 e. The summed E-state index contributed by atoms with van der Waals surface area (Å²) in [4.78, 5) is 28.4. The first-order valence-corrected chi connectivity index (χ1v) is 9.13. The Bertz CT molecular complexity index is 797. The Morgan fingerprint density at radius 3 is 2.48 bits per heavy atom. The summed E-state index contributed by atoms with van der Waals surface area (Å²) in [5.41, 5.74) is 2.28. The Labute approximate surface area is 160 Å². The fourth-order valence-corrected chi connectivity index (χ4v) is 2.36. The van der Waals surface area contributed by atoms with Gasteiger partial charge in [0.2, 0.25) is 5.91 Å². The predicted octanol–water partition coefficient (Wildman–Crippen LogP) is 4.13. The topological polar surface area (TPSA) is 83.1 Å². The van der Waals surface area contributed by atoms with Crippen LogP contribution < -0.4 is 16.0 Å². The van der Waals surface area contributed by atoms with Crippen LogP contribution in [0.4, 0.5) is 16.3 Å². The molecule has 0 atom stereocenters. The molecule has 27 heavy (non-hydrogen) atoms. The number of anilines is 2. The lowest BCUT2D eigenvalue weighted by molar-refractivity contribution is -0.123. The maximum absolute atomic E-state index is 12.0. The Hall–Kier alpha value is -2.89. The number of hydrogen-bond acceptors (Lipinski definition) is 3. The molecule has 0 aliphatic carbocycles. The summed E-state index contributed by atoms with van der Waals surface area (Å²) in [6, 6.07) is 13.0. The quantitative estimate of drug-likeness (QED) is 0.671. The zero-order valence-corrected chi connectivity index (χ0v) is 16.4. The van der Waals surface area contributed by atoms with Gasteiger partial charge in [-0.05, 0) is 49.6 Å². The molecule has 0 fully saturated rings. The molecule has 3 N–H and O–H groups in total. The Morgan fingerprint density at radius 1 is 1.04 bits per heavy atom. The van der Waals surface area contributed by atoms with E-state index in [1.54, 1.807) is 6.07 Å². The van der Waals surface area contributed by atoms with Gasteiger partial charge >= 0.3 is 6.03 Å². The SMILES string of the molecule is Cc1cccc(NC(=O)NCCCc2cccc(NC(=O)C(C)(C)C)n2)c1. The van der Waals surface area contributed by atoms with Crippen LogP contribution in [0.2, 0.25) is 0 Å². The highest BCUT2D eigenvalue weighted by Gasteiger charge is 2.21. The summed E-state index contributed by atoms with van der Waals surface area (Å²) in [5, 5.41) is 8.49. The van der Waals surface area contributed by atoms with E-state index in [0.717, 1.165) is 23.4 Å². The van der Waals surface area contributed by atoms with Crippen molar-refractivity contribution in [1.82, 2.24) is 10.3 Å². The number of rotatable bonds is 6. The van der Waals surface area contributed by atoms with Gasteiger partial charge < -0.3 is 16.0 Å². The molecular formula is C21H28N4O2. The Kier molecular flexibility index (Phi) is 6.93. The fourth-order valence-electron chi connectivity index (χ4n) is 2.36. The zero-order valence-electron chi connectivity index (χ0n) is 16.4. The maximum atomic E-state index is 12.0. The van der Waals surface area contributed by atoms with E-state index in [-0.39, 0.29) is 11.9 Å². The van der Waals surface area contributed by atoms with Crippen LogP contribution in [0.1, 0.15) is 38.4 Å². The first kappa shape index (κ1) is 20.4. The summed E-state index contributed by atoms with van der Waals surface area (Å²) < 4.78 is 0. The number of nitrogens with one attached hydrogen (secondary N) is 3. The van der Waals surface area contributed by atoms with E-state index in [0.29, 0.717) is 18.8 Å². The molecule has 0 saturated carbocycles. The van der Waals surface area contributed by atoms with Crippen LogP contribution in [-0.2, 0) is 11.2 Å². The van der Waals surface area contributed by atoms with Gasteiger partial charge in [0.15, 0.2) is 0 Å². The highest BCUT2D eigenvalue weighted by Crippen LogP contribution is 2.16. The Morgan fingerprint density at radius 2 is 1.78 bits per heavy atom. The van der Waals surface area contributed by atoms with Crippen molar-refractivity contribution in [3.8, 4) is 0 Å². The van der Waals surface area contributed by atoms with E-state index in [9.17, 15) is 9.59 Å². The van der Waals surface area contributed by atoms with Gasteiger partial charge in [0.25, 0.3) is 0 Å². The number of urea groups is 1. The van der Waals surface area contributed by atoms with Crippen LogP contribution in [0.5, 0.6) is 0 Å². The number of pyridine rings is 1. The second-order valence-electron chi connectivity index (χ2n) is 7.57. The molecule has 3 amide bonds. The fraction of sp³-hybridized carbons (Fsp3) is 0.381. The molecule has 1 aromatic heterocycles. The highest BCUT2D eigenvalue weighted by atomic mass is 16.2. The standard InChI is InChI=1S/C21H28N4O2/c1-15-8-5-10-17(14-15)24-20(27)22-13-7-11-16-9-6-12-18(23-16)25-19(26)21(2,3)4/h5-6,8-10,12,14H,7,11,13H2,1-4H3,(H2,22,24,27)(H,23,25,26). The van der Waals surface area contributed by atoms with Crippen LogP contribution in [0, 0.1) is 12.3 Å². The van der Waals surface area contributed by atoms with Crippen LogP contribution in [0.25, 0.3) is 0 Å². The van der Waals surface area contributed by atoms with Gasteiger partial charge in [-0.2, -0.15) is 0 Å². The molecule has 0 unspecified atom stereocenters. The summed E-state index contributed by atoms with van der Waals surface area (Å²) in [6.07, 6.45) is 1.47. The van der Waals surface area contributed by atoms with E-state index in [1.807, 2.05) is 64.1 Å². The number of aryl methyl sites for hydroxylation is 2. The van der Waals surface area contributed by atoms with E-state index in [2.05, 4.69) is 20.9 Å². The number of benzene rings is 1. The molecule has 0 spiro atoms. The smallest absolute Gasteiger partial charge is 0.319 e. The lowest BCUT2D eigenvalue weighted by atomic mass is 9.96. The zero-order chi connectivity index (χ0) is 19.9. The maximum Gasteiger partial charge on any atom is 0.319 e. The number of hydrogen-bond donors (Lipinski definition) is 3. The molecule has 0 radical (unpaired) electrons. The molecule has 2 rings (SSSR count). The molecule has 2 aromatic rings. The summed E-state index contributed by atoms with van der Waals surface area (Å²) in [5.74, 6) is 0.485. The molecule has 1 aromatic carbocycles. The van der Waals surface area contributed by atoms with Crippen molar-refractivity contribution in [3.63, 3.8) is 0 Å². The van der Waals surface area contributed by atoms with E-state index in [4.69, 9.17) is 0 Å². The van der Waals surface area contributed by atoms with Crippen molar-refractivity contribution < 1.29 is 9.59 Å². The van der Waals surface area contributed by atoms with Gasteiger partial charge in [0.1, 0.15) is 5.82 Å². The number of carbonyl (C=O) groups is 2. The molecular weight excluding hydrogens is 340 g/mol. The normalized spacial score (nSPS) is 11.0. The van der Waals surface area contributed by atoms with Crippen LogP contribution in [0.3, 0.4) is 0 Å². The van der Waals surface area contributed by atoms with Crippen molar-refractivity contribution in [2.24, 2.45) is 5.41 Å². The number of nitrogens with zero attached hydrogens (tertiary/aromatic N) is 1. The van der Waals surface area contributed by atoms with Gasteiger partial charge in [0.05, 0.1) is 0 Å². The molecule has 6 heteroatoms. The first-order chi connectivity index (χ1) is 12.7. The highest BCUT2D eigenvalue weighted by molar-refractivity contribution is 5.93. The van der Waals surface area contributed by atoms with Gasteiger partial charge in [-0.25, -0.2) is 9.78 Å². The van der Waals surface area contributed by atoms with E-state index in [1.165, 1.54) is 0 Å². The van der Waals surface area contributed by atoms with Crippen molar-refractivity contribution in [1.29, 1.82) is 0 Å². The minimum absolute atomic E-state index is 0.0679. The van der Waals surface area contributed by atoms with Crippen molar-refractivity contribution in [2.75, 3.05) is 17.2 Å². The molecule has 0 aliphatic heterocycles. The third kappa shape index (κ3) is 7.09. The second-order valence-corrected chi connectivity index (χ2v) is 7.57. The summed E-state index contributed by atoms with van der Waals surface area (Å²) >= 11 is 0. The van der Waals surface area contributed by atoms with Gasteiger partial charge in [-0.15, -0.1) is 0 Å². The van der Waals surface area contributed by atoms with Crippen LogP contribution in [0.15, 0.2) is 42.5 Å². The summed E-state index contributed by atoms with van der Waals surface area (Å²) in [6.45, 7) is 8.10. The predicted molar refractivity (Wildman–Crippen MR) is 109 cm³/mol. The number of carbonyl (C=O) groups excluding carboxylic acids is 2. The molecule has 1 heterocycles. The number of amides is 3. The van der Waals surface area contributed by atoms with Crippen molar-refractivity contribution >= 4 is 23.4 Å². The van der Waals surface area contributed by atoms with Crippen molar-refractivity contribution in [2.45, 2.75) is 40.5 Å². The van der Waals surface area contributed by atoms with Crippen LogP contribution in [-0.4, -0.2) is 23.5 Å². The largest absolute Gasteiger partial charge is 0.338 e. The monoisotopic (exact) mass is 368 g/mol. The number of aromatic nitrogens is 1. The van der Waals surface area contributed by atoms with Gasteiger partial charge in [-0.3, -0.25) is 4.79 Å². The Balaban J connectivity index is 1.76. The summed E-state index contributed by atoms with van der Waals surface area (Å²) in [7, 11) is 0. The minimum atomic E-state index is -0.466. The molecule has 0 saturated heterocycles. The van der Waals surface area contributed by atoms with Gasteiger partial charge in [0, 0.05) is 23.3 Å². The lowest BCUT2D eigenvalue weighted by Crippen LogP contribution is -2.29. The average molecular weight is 368 g/mol. The first-order valence-electron chi connectivity index (χ1n) is 9.13. The molecule has 0 aliphatic rings. The third-order valence-electron chi connectivity index (χ3n) is 3.90. The second kappa shape index (κ2) is 9.16. The van der Waals surface area contributed by atoms with Crippen molar-refractivity contribution in [3.05, 3.63) is 53.7 Å².